The number of aromatic nitrogens is 1. The largest absolute Gasteiger partial charge is 0.497 e. The summed E-state index contributed by atoms with van der Waals surface area (Å²) in [5.74, 6) is 0.376. The Labute approximate surface area is 168 Å². The number of carbonyl (C=O) groups excluding carboxylic acids is 3. The first-order valence-electron chi connectivity index (χ1n) is 9.03. The number of carbonyl (C=O) groups is 3. The molecule has 1 aliphatic heterocycles. The quantitative estimate of drug-likeness (QED) is 0.736. The predicted molar refractivity (Wildman–Crippen MR) is 105 cm³/mol. The van der Waals surface area contributed by atoms with Gasteiger partial charge in [0, 0.05) is 44.0 Å². The molecule has 0 atom stereocenters. The summed E-state index contributed by atoms with van der Waals surface area (Å²) in [6.07, 6.45) is 2.21. The molecule has 0 unspecified atom stereocenters. The molecular formula is C20H22N4O5. The van der Waals surface area contributed by atoms with Gasteiger partial charge in [0.1, 0.15) is 17.2 Å². The minimum absolute atomic E-state index is 0.111. The van der Waals surface area contributed by atoms with Crippen molar-refractivity contribution < 1.29 is 23.9 Å². The van der Waals surface area contributed by atoms with Crippen LogP contribution in [0.5, 0.6) is 11.5 Å². The van der Waals surface area contributed by atoms with Crippen LogP contribution in [-0.4, -0.2) is 73.4 Å². The van der Waals surface area contributed by atoms with Crippen LogP contribution in [-0.2, 0) is 4.79 Å². The molecule has 0 saturated carbocycles. The first-order chi connectivity index (χ1) is 14.0. The van der Waals surface area contributed by atoms with Crippen molar-refractivity contribution in [2.75, 3.05) is 45.7 Å². The van der Waals surface area contributed by atoms with E-state index in [0.717, 1.165) is 6.41 Å². The number of pyridine rings is 1. The third-order valence-electron chi connectivity index (χ3n) is 4.65. The van der Waals surface area contributed by atoms with E-state index in [1.54, 1.807) is 34.1 Å². The molecule has 3 rings (SSSR count). The van der Waals surface area contributed by atoms with Crippen LogP contribution in [0.4, 0.5) is 5.69 Å². The van der Waals surface area contributed by atoms with Gasteiger partial charge >= 0.3 is 0 Å². The molecule has 1 aromatic heterocycles. The van der Waals surface area contributed by atoms with E-state index < -0.39 is 5.91 Å². The fourth-order valence-corrected chi connectivity index (χ4v) is 2.99. The summed E-state index contributed by atoms with van der Waals surface area (Å²) < 4.78 is 10.4. The smallest absolute Gasteiger partial charge is 0.274 e. The van der Waals surface area contributed by atoms with Crippen LogP contribution in [0.15, 0.2) is 36.5 Å². The SMILES string of the molecule is COc1ccc(NC(=O)c2cc(C(=O)N3CCN(C=O)CC3)ccn2)c(OC)c1. The van der Waals surface area contributed by atoms with Gasteiger partial charge in [-0.25, -0.2) is 0 Å². The molecule has 9 nitrogen and oxygen atoms in total. The lowest BCUT2D eigenvalue weighted by Gasteiger charge is -2.32. The lowest BCUT2D eigenvalue weighted by molar-refractivity contribution is -0.119. The van der Waals surface area contributed by atoms with E-state index in [0.29, 0.717) is 48.9 Å². The van der Waals surface area contributed by atoms with Crippen LogP contribution in [0.25, 0.3) is 0 Å². The van der Waals surface area contributed by atoms with Gasteiger partial charge in [0.15, 0.2) is 0 Å². The summed E-state index contributed by atoms with van der Waals surface area (Å²) in [6.45, 7) is 1.88. The van der Waals surface area contributed by atoms with Crippen LogP contribution >= 0.6 is 0 Å². The Morgan fingerprint density at radius 1 is 1.07 bits per heavy atom. The molecule has 1 saturated heterocycles. The maximum atomic E-state index is 12.7. The highest BCUT2D eigenvalue weighted by Crippen LogP contribution is 2.29. The second-order valence-corrected chi connectivity index (χ2v) is 6.38. The van der Waals surface area contributed by atoms with Crippen LogP contribution in [0, 0.1) is 0 Å². The van der Waals surface area contributed by atoms with E-state index in [2.05, 4.69) is 10.3 Å². The number of hydrogen-bond donors (Lipinski definition) is 1. The molecule has 2 heterocycles. The molecule has 2 aromatic rings. The second kappa shape index (κ2) is 9.05. The Hall–Kier alpha value is -3.62. The highest BCUT2D eigenvalue weighted by Gasteiger charge is 2.22. The Morgan fingerprint density at radius 2 is 1.83 bits per heavy atom. The minimum Gasteiger partial charge on any atom is -0.497 e. The molecule has 1 fully saturated rings. The average molecular weight is 398 g/mol. The number of anilines is 1. The molecule has 152 valence electrons. The lowest BCUT2D eigenvalue weighted by atomic mass is 10.1. The first-order valence-corrected chi connectivity index (χ1v) is 9.03. The number of amides is 3. The fourth-order valence-electron chi connectivity index (χ4n) is 2.99. The number of piperazine rings is 1. The van der Waals surface area contributed by atoms with Crippen molar-refractivity contribution in [3.8, 4) is 11.5 Å². The summed E-state index contributed by atoms with van der Waals surface area (Å²) in [5.41, 5.74) is 0.938. The maximum Gasteiger partial charge on any atom is 0.274 e. The predicted octanol–water partition coefficient (Wildman–Crippen LogP) is 1.27. The molecule has 3 amide bonds. The molecular weight excluding hydrogens is 376 g/mol. The summed E-state index contributed by atoms with van der Waals surface area (Å²) in [7, 11) is 3.03. The Balaban J connectivity index is 1.73. The van der Waals surface area contributed by atoms with Gasteiger partial charge in [-0.05, 0) is 24.3 Å². The van der Waals surface area contributed by atoms with Crippen molar-refractivity contribution in [3.63, 3.8) is 0 Å². The topological polar surface area (TPSA) is 101 Å². The molecule has 1 N–H and O–H groups in total. The highest BCUT2D eigenvalue weighted by atomic mass is 16.5. The number of rotatable bonds is 6. The molecule has 1 aromatic carbocycles. The fraction of sp³-hybridized carbons (Fsp3) is 0.300. The van der Waals surface area contributed by atoms with E-state index >= 15 is 0 Å². The number of hydrogen-bond acceptors (Lipinski definition) is 6. The van der Waals surface area contributed by atoms with Gasteiger partial charge in [-0.3, -0.25) is 19.4 Å². The van der Waals surface area contributed by atoms with Crippen LogP contribution in [0.2, 0.25) is 0 Å². The molecule has 0 aliphatic carbocycles. The highest BCUT2D eigenvalue weighted by molar-refractivity contribution is 6.05. The number of benzene rings is 1. The zero-order valence-electron chi connectivity index (χ0n) is 16.3. The van der Waals surface area contributed by atoms with E-state index in [1.165, 1.54) is 26.5 Å². The van der Waals surface area contributed by atoms with Gasteiger partial charge < -0.3 is 24.6 Å². The summed E-state index contributed by atoms with van der Waals surface area (Å²) in [6, 6.07) is 8.04. The van der Waals surface area contributed by atoms with E-state index in [-0.39, 0.29) is 11.6 Å². The van der Waals surface area contributed by atoms with Crippen molar-refractivity contribution in [1.82, 2.24) is 14.8 Å². The number of nitrogens with one attached hydrogen (secondary N) is 1. The monoisotopic (exact) mass is 398 g/mol. The first kappa shape index (κ1) is 20.1. The third kappa shape index (κ3) is 4.63. The number of methoxy groups -OCH3 is 2. The molecule has 0 spiro atoms. The standard InChI is InChI=1S/C20H22N4O5/c1-28-15-3-4-16(18(12-15)29-2)22-19(26)17-11-14(5-6-21-17)20(27)24-9-7-23(13-25)8-10-24/h3-6,11-13H,7-10H2,1-2H3,(H,22,26). The lowest BCUT2D eigenvalue weighted by Crippen LogP contribution is -2.48. The van der Waals surface area contributed by atoms with Gasteiger partial charge in [0.25, 0.3) is 11.8 Å². The number of nitrogens with zero attached hydrogens (tertiary/aromatic N) is 3. The van der Waals surface area contributed by atoms with E-state index in [4.69, 9.17) is 9.47 Å². The van der Waals surface area contributed by atoms with Crippen LogP contribution in [0.1, 0.15) is 20.8 Å². The van der Waals surface area contributed by atoms with E-state index in [9.17, 15) is 14.4 Å². The van der Waals surface area contributed by atoms with Crippen molar-refractivity contribution >= 4 is 23.9 Å². The van der Waals surface area contributed by atoms with Crippen LogP contribution in [0.3, 0.4) is 0 Å². The van der Waals surface area contributed by atoms with E-state index in [1.807, 2.05) is 0 Å². The second-order valence-electron chi connectivity index (χ2n) is 6.38. The van der Waals surface area contributed by atoms with Crippen molar-refractivity contribution in [2.45, 2.75) is 0 Å². The molecule has 29 heavy (non-hydrogen) atoms. The summed E-state index contributed by atoms with van der Waals surface area (Å²) in [4.78, 5) is 43.5. The van der Waals surface area contributed by atoms with Gasteiger partial charge in [-0.2, -0.15) is 0 Å². The minimum atomic E-state index is -0.464. The van der Waals surface area contributed by atoms with Gasteiger partial charge in [-0.15, -0.1) is 0 Å². The Kier molecular flexibility index (Phi) is 6.28. The van der Waals surface area contributed by atoms with Crippen molar-refractivity contribution in [3.05, 3.63) is 47.8 Å². The third-order valence-corrected chi connectivity index (χ3v) is 4.65. The average Bonchev–Trinajstić information content (AvgIpc) is 2.78. The molecule has 1 aliphatic rings. The number of ether oxygens (including phenoxy) is 2. The summed E-state index contributed by atoms with van der Waals surface area (Å²) in [5, 5.41) is 2.74. The van der Waals surface area contributed by atoms with Gasteiger partial charge in [0.2, 0.25) is 6.41 Å². The Morgan fingerprint density at radius 3 is 2.48 bits per heavy atom. The zero-order chi connectivity index (χ0) is 20.8. The molecule has 9 heteroatoms. The normalized spacial score (nSPS) is 13.6. The van der Waals surface area contributed by atoms with Gasteiger partial charge in [0.05, 0.1) is 19.9 Å². The zero-order valence-corrected chi connectivity index (χ0v) is 16.3. The summed E-state index contributed by atoms with van der Waals surface area (Å²) >= 11 is 0. The van der Waals surface area contributed by atoms with Gasteiger partial charge in [-0.1, -0.05) is 0 Å². The van der Waals surface area contributed by atoms with Crippen molar-refractivity contribution in [2.24, 2.45) is 0 Å². The Bertz CT molecular complexity index is 909. The maximum absolute atomic E-state index is 12.7. The molecule has 0 radical (unpaired) electrons. The van der Waals surface area contributed by atoms with Crippen LogP contribution < -0.4 is 14.8 Å². The van der Waals surface area contributed by atoms with Crippen molar-refractivity contribution in [1.29, 1.82) is 0 Å². The molecule has 0 bridgehead atoms.